The second kappa shape index (κ2) is 10.1. The first kappa shape index (κ1) is 23.4. The molecular formula is C28H32N2O5. The maximum Gasteiger partial charge on any atom is 0.407 e. The van der Waals surface area contributed by atoms with Crippen LogP contribution in [0.2, 0.25) is 0 Å². The van der Waals surface area contributed by atoms with Crippen LogP contribution in [0.25, 0.3) is 11.1 Å². The van der Waals surface area contributed by atoms with Gasteiger partial charge in [-0.05, 0) is 60.8 Å². The second-order valence-electron chi connectivity index (χ2n) is 9.96. The maximum atomic E-state index is 13.1. The van der Waals surface area contributed by atoms with Gasteiger partial charge < -0.3 is 20.1 Å². The van der Waals surface area contributed by atoms with E-state index >= 15 is 0 Å². The molecule has 7 heteroatoms. The monoisotopic (exact) mass is 476 g/mol. The number of alkyl carbamates (subject to hydrolysis) is 1. The van der Waals surface area contributed by atoms with Crippen molar-refractivity contribution in [3.05, 3.63) is 59.7 Å². The highest BCUT2D eigenvalue weighted by Crippen LogP contribution is 2.44. The van der Waals surface area contributed by atoms with Crippen LogP contribution in [0, 0.1) is 5.92 Å². The Morgan fingerprint density at radius 3 is 2.31 bits per heavy atom. The Bertz CT molecular complexity index is 1070. The van der Waals surface area contributed by atoms with E-state index < -0.39 is 12.1 Å². The van der Waals surface area contributed by atoms with Gasteiger partial charge >= 0.3 is 12.1 Å². The molecule has 7 nitrogen and oxygen atoms in total. The fourth-order valence-corrected chi connectivity index (χ4v) is 6.08. The number of benzene rings is 2. The van der Waals surface area contributed by atoms with E-state index in [4.69, 9.17) is 4.74 Å². The lowest BCUT2D eigenvalue weighted by Gasteiger charge is -2.36. The van der Waals surface area contributed by atoms with Crippen molar-refractivity contribution >= 4 is 18.0 Å². The third kappa shape index (κ3) is 4.90. The molecule has 3 aliphatic rings. The molecule has 1 heterocycles. The van der Waals surface area contributed by atoms with Crippen molar-refractivity contribution in [2.45, 2.75) is 62.9 Å². The lowest BCUT2D eigenvalue weighted by Crippen LogP contribution is -2.47. The van der Waals surface area contributed by atoms with Crippen LogP contribution in [0.15, 0.2) is 48.5 Å². The van der Waals surface area contributed by atoms with Crippen LogP contribution < -0.4 is 5.32 Å². The zero-order valence-corrected chi connectivity index (χ0v) is 19.8. The van der Waals surface area contributed by atoms with Gasteiger partial charge in [-0.15, -0.1) is 0 Å². The summed E-state index contributed by atoms with van der Waals surface area (Å²) in [7, 11) is 0. The van der Waals surface area contributed by atoms with E-state index in [1.807, 2.05) is 24.3 Å². The van der Waals surface area contributed by atoms with Gasteiger partial charge in [0, 0.05) is 30.5 Å². The van der Waals surface area contributed by atoms with E-state index in [0.29, 0.717) is 19.4 Å². The highest BCUT2D eigenvalue weighted by molar-refractivity contribution is 5.81. The topological polar surface area (TPSA) is 95.9 Å². The van der Waals surface area contributed by atoms with Crippen molar-refractivity contribution in [2.24, 2.45) is 5.92 Å². The fourth-order valence-electron chi connectivity index (χ4n) is 6.08. The maximum absolute atomic E-state index is 13.1. The zero-order valence-electron chi connectivity index (χ0n) is 19.8. The van der Waals surface area contributed by atoms with Gasteiger partial charge in [-0.1, -0.05) is 48.5 Å². The number of aliphatic carboxylic acids is 1. The molecule has 5 rings (SSSR count). The third-order valence-electron chi connectivity index (χ3n) is 7.77. The number of piperidine rings is 1. The quantitative estimate of drug-likeness (QED) is 0.638. The normalized spacial score (nSPS) is 23.4. The molecule has 2 fully saturated rings. The van der Waals surface area contributed by atoms with Crippen molar-refractivity contribution in [3.63, 3.8) is 0 Å². The highest BCUT2D eigenvalue weighted by atomic mass is 16.5. The summed E-state index contributed by atoms with van der Waals surface area (Å²) in [6.45, 7) is 0.886. The Morgan fingerprint density at radius 1 is 0.943 bits per heavy atom. The minimum absolute atomic E-state index is 0.000111. The minimum Gasteiger partial charge on any atom is -0.481 e. The average molecular weight is 477 g/mol. The number of amides is 2. The largest absolute Gasteiger partial charge is 0.481 e. The number of rotatable bonds is 6. The summed E-state index contributed by atoms with van der Waals surface area (Å²) >= 11 is 0. The molecule has 0 bridgehead atoms. The smallest absolute Gasteiger partial charge is 0.407 e. The predicted molar refractivity (Wildman–Crippen MR) is 131 cm³/mol. The molecule has 2 aliphatic carbocycles. The summed E-state index contributed by atoms with van der Waals surface area (Å²) in [5, 5.41) is 12.2. The number of nitrogens with zero attached hydrogens (tertiary/aromatic N) is 1. The Labute approximate surface area is 205 Å². The summed E-state index contributed by atoms with van der Waals surface area (Å²) in [5.41, 5.74) is 4.72. The number of hydrogen-bond acceptors (Lipinski definition) is 4. The van der Waals surface area contributed by atoms with Crippen LogP contribution in [0.4, 0.5) is 4.79 Å². The summed E-state index contributed by atoms with van der Waals surface area (Å²) in [6, 6.07) is 16.1. The lowest BCUT2D eigenvalue weighted by atomic mass is 9.96. The molecule has 2 amide bonds. The Kier molecular flexibility index (Phi) is 6.75. The summed E-state index contributed by atoms with van der Waals surface area (Å²) in [5.74, 6) is -0.997. The molecule has 2 aromatic carbocycles. The molecule has 0 aromatic heterocycles. The van der Waals surface area contributed by atoms with Crippen molar-refractivity contribution in [1.29, 1.82) is 0 Å². The van der Waals surface area contributed by atoms with E-state index in [2.05, 4.69) is 29.6 Å². The number of carbonyl (C=O) groups is 3. The van der Waals surface area contributed by atoms with Gasteiger partial charge in [0.05, 0.1) is 6.42 Å². The predicted octanol–water partition coefficient (Wildman–Crippen LogP) is 4.55. The molecule has 2 unspecified atom stereocenters. The Balaban J connectivity index is 1.15. The average Bonchev–Trinajstić information content (AvgIpc) is 3.45. The Hall–Kier alpha value is -3.35. The van der Waals surface area contributed by atoms with Gasteiger partial charge in [-0.2, -0.15) is 0 Å². The molecule has 3 atom stereocenters. The first-order chi connectivity index (χ1) is 17.0. The SMILES string of the molecule is O=C(O)C[C@@H]1CCCCN1C(=O)C1CCC(NC(=O)OCC2c3ccccc3-c3ccccc32)C1. The number of hydrogen-bond donors (Lipinski definition) is 2. The number of nitrogens with one attached hydrogen (secondary N) is 1. The standard InChI is InChI=1S/C28H32N2O5/c31-26(32)16-20-7-5-6-14-30(20)27(33)18-12-13-19(15-18)29-28(34)35-17-25-23-10-3-1-8-21(23)22-9-2-4-11-24(22)25/h1-4,8-11,18-20,25H,5-7,12-17H2,(H,29,34)(H,31,32)/t18?,19?,20-/m0/s1. The molecule has 1 aliphatic heterocycles. The molecule has 2 aromatic rings. The van der Waals surface area contributed by atoms with Gasteiger partial charge in [-0.25, -0.2) is 4.79 Å². The van der Waals surface area contributed by atoms with Gasteiger partial charge in [-0.3, -0.25) is 9.59 Å². The molecular weight excluding hydrogens is 444 g/mol. The summed E-state index contributed by atoms with van der Waals surface area (Å²) in [6.07, 6.45) is 4.15. The van der Waals surface area contributed by atoms with Crippen LogP contribution in [0.3, 0.4) is 0 Å². The van der Waals surface area contributed by atoms with E-state index in [1.54, 1.807) is 4.90 Å². The lowest BCUT2D eigenvalue weighted by molar-refractivity contribution is -0.143. The van der Waals surface area contributed by atoms with Gasteiger partial charge in [0.25, 0.3) is 0 Å². The van der Waals surface area contributed by atoms with Crippen molar-refractivity contribution in [1.82, 2.24) is 10.2 Å². The minimum atomic E-state index is -0.865. The molecule has 1 saturated carbocycles. The first-order valence-corrected chi connectivity index (χ1v) is 12.6. The van der Waals surface area contributed by atoms with Gasteiger partial charge in [0.1, 0.15) is 6.61 Å². The van der Waals surface area contributed by atoms with Crippen LogP contribution in [0.5, 0.6) is 0 Å². The number of carboxylic acid groups (broad SMARTS) is 1. The molecule has 0 spiro atoms. The van der Waals surface area contributed by atoms with Gasteiger partial charge in [0.15, 0.2) is 0 Å². The van der Waals surface area contributed by atoms with Crippen LogP contribution in [-0.2, 0) is 14.3 Å². The molecule has 2 N–H and O–H groups in total. The molecule has 1 saturated heterocycles. The summed E-state index contributed by atoms with van der Waals surface area (Å²) in [4.78, 5) is 38.8. The van der Waals surface area contributed by atoms with Crippen molar-refractivity contribution in [2.75, 3.05) is 13.2 Å². The molecule has 0 radical (unpaired) electrons. The molecule has 184 valence electrons. The number of carboxylic acids is 1. The fraction of sp³-hybridized carbons (Fsp3) is 0.464. The number of carbonyl (C=O) groups excluding carboxylic acids is 2. The Morgan fingerprint density at radius 2 is 1.63 bits per heavy atom. The molecule has 35 heavy (non-hydrogen) atoms. The van der Waals surface area contributed by atoms with Gasteiger partial charge in [0.2, 0.25) is 5.91 Å². The summed E-state index contributed by atoms with van der Waals surface area (Å²) < 4.78 is 5.66. The van der Waals surface area contributed by atoms with E-state index in [9.17, 15) is 19.5 Å². The number of likely N-dealkylation sites (tertiary alicyclic amines) is 1. The van der Waals surface area contributed by atoms with Crippen molar-refractivity contribution in [3.8, 4) is 11.1 Å². The van der Waals surface area contributed by atoms with E-state index in [-0.39, 0.29) is 42.9 Å². The first-order valence-electron chi connectivity index (χ1n) is 12.6. The van der Waals surface area contributed by atoms with Crippen LogP contribution in [-0.4, -0.2) is 53.2 Å². The highest BCUT2D eigenvalue weighted by Gasteiger charge is 2.37. The van der Waals surface area contributed by atoms with E-state index in [0.717, 1.165) is 25.7 Å². The van der Waals surface area contributed by atoms with E-state index in [1.165, 1.54) is 22.3 Å². The number of ether oxygens (including phenoxy) is 1. The zero-order chi connectivity index (χ0) is 24.4. The van der Waals surface area contributed by atoms with Crippen molar-refractivity contribution < 1.29 is 24.2 Å². The van der Waals surface area contributed by atoms with Crippen LogP contribution >= 0.6 is 0 Å². The third-order valence-corrected chi connectivity index (χ3v) is 7.77. The number of fused-ring (bicyclic) bond motifs is 3. The van der Waals surface area contributed by atoms with Crippen LogP contribution in [0.1, 0.15) is 62.0 Å². The second-order valence-corrected chi connectivity index (χ2v) is 9.96.